The molecule has 1 saturated heterocycles. The molecular formula is C13H17N3O3. The van der Waals surface area contributed by atoms with Crippen LogP contribution in [-0.4, -0.2) is 28.8 Å². The minimum absolute atomic E-state index is 0.0311. The van der Waals surface area contributed by atoms with Gasteiger partial charge in [-0.05, 0) is 19.8 Å². The number of Topliss-reactive ketones (excluding diaryl/α,β-unsaturated/α-hetero) is 1. The summed E-state index contributed by atoms with van der Waals surface area (Å²) in [6.45, 7) is 3.12. The number of furan rings is 1. The largest absolute Gasteiger partial charge is 0.422 e. The molecule has 0 amide bonds. The standard InChI is InChI=1S/C13H17N3O3/c1-7-9-10(11(17)8-3-5-18-6-4-8)12(14)19-13(9)16(2)15-7/h8H,3-6,14H2,1-2H3. The van der Waals surface area contributed by atoms with Gasteiger partial charge in [-0.1, -0.05) is 0 Å². The molecule has 0 spiro atoms. The van der Waals surface area contributed by atoms with Crippen LogP contribution in [0, 0.1) is 12.8 Å². The average Bonchev–Trinajstić information content (AvgIpc) is 2.88. The first-order chi connectivity index (χ1) is 9.09. The monoisotopic (exact) mass is 263 g/mol. The number of rotatable bonds is 2. The van der Waals surface area contributed by atoms with Crippen molar-refractivity contribution in [1.29, 1.82) is 0 Å². The number of nitrogen functional groups attached to an aromatic ring is 1. The Labute approximate surface area is 110 Å². The molecule has 0 saturated carbocycles. The first kappa shape index (κ1) is 12.2. The molecule has 1 fully saturated rings. The van der Waals surface area contributed by atoms with Gasteiger partial charge in [-0.15, -0.1) is 0 Å². The summed E-state index contributed by atoms with van der Waals surface area (Å²) in [5.74, 6) is 0.217. The summed E-state index contributed by atoms with van der Waals surface area (Å²) in [5, 5.41) is 5.02. The number of anilines is 1. The molecule has 0 bridgehead atoms. The van der Waals surface area contributed by atoms with Gasteiger partial charge in [0.2, 0.25) is 11.6 Å². The first-order valence-corrected chi connectivity index (χ1v) is 6.43. The number of hydrogen-bond acceptors (Lipinski definition) is 5. The molecule has 19 heavy (non-hydrogen) atoms. The highest BCUT2D eigenvalue weighted by Gasteiger charge is 2.30. The zero-order chi connectivity index (χ0) is 13.6. The number of fused-ring (bicyclic) bond motifs is 1. The summed E-state index contributed by atoms with van der Waals surface area (Å²) in [4.78, 5) is 12.6. The van der Waals surface area contributed by atoms with Gasteiger partial charge in [0.15, 0.2) is 5.78 Å². The van der Waals surface area contributed by atoms with Crippen molar-refractivity contribution in [1.82, 2.24) is 9.78 Å². The highest BCUT2D eigenvalue weighted by Crippen LogP contribution is 2.33. The van der Waals surface area contributed by atoms with Crippen molar-refractivity contribution in [2.24, 2.45) is 13.0 Å². The van der Waals surface area contributed by atoms with E-state index in [0.717, 1.165) is 23.9 Å². The van der Waals surface area contributed by atoms with E-state index in [2.05, 4.69) is 5.10 Å². The van der Waals surface area contributed by atoms with E-state index in [4.69, 9.17) is 14.9 Å². The molecule has 3 rings (SSSR count). The fourth-order valence-electron chi connectivity index (χ4n) is 2.73. The van der Waals surface area contributed by atoms with E-state index in [1.165, 1.54) is 0 Å². The van der Waals surface area contributed by atoms with E-state index in [9.17, 15) is 4.79 Å². The summed E-state index contributed by atoms with van der Waals surface area (Å²) < 4.78 is 12.4. The van der Waals surface area contributed by atoms with Gasteiger partial charge in [0.05, 0.1) is 16.6 Å². The van der Waals surface area contributed by atoms with Crippen molar-refractivity contribution in [3.8, 4) is 0 Å². The van der Waals surface area contributed by atoms with Crippen molar-refractivity contribution in [2.75, 3.05) is 18.9 Å². The van der Waals surface area contributed by atoms with Crippen LogP contribution in [0.3, 0.4) is 0 Å². The Bertz CT molecular complexity index is 635. The van der Waals surface area contributed by atoms with Crippen LogP contribution in [0.2, 0.25) is 0 Å². The summed E-state index contributed by atoms with van der Waals surface area (Å²) in [5.41, 5.74) is 7.71. The number of aromatic nitrogens is 2. The van der Waals surface area contributed by atoms with Crippen molar-refractivity contribution in [3.05, 3.63) is 11.3 Å². The van der Waals surface area contributed by atoms with Crippen LogP contribution < -0.4 is 5.73 Å². The van der Waals surface area contributed by atoms with Gasteiger partial charge in [0.1, 0.15) is 0 Å². The minimum Gasteiger partial charge on any atom is -0.422 e. The molecule has 1 aliphatic rings. The number of hydrogen-bond donors (Lipinski definition) is 1. The topological polar surface area (TPSA) is 83.3 Å². The second kappa shape index (κ2) is 4.38. The number of ketones is 1. The van der Waals surface area contributed by atoms with Crippen molar-refractivity contribution >= 4 is 22.8 Å². The van der Waals surface area contributed by atoms with Gasteiger partial charge in [0.25, 0.3) is 0 Å². The molecule has 0 unspecified atom stereocenters. The molecule has 6 nitrogen and oxygen atoms in total. The zero-order valence-electron chi connectivity index (χ0n) is 11.1. The molecule has 0 aliphatic carbocycles. The van der Waals surface area contributed by atoms with Gasteiger partial charge in [-0.2, -0.15) is 5.10 Å². The lowest BCUT2D eigenvalue weighted by atomic mass is 9.90. The fraction of sp³-hybridized carbons (Fsp3) is 0.538. The Balaban J connectivity index is 2.08. The molecule has 102 valence electrons. The van der Waals surface area contributed by atoms with Gasteiger partial charge >= 0.3 is 0 Å². The molecule has 0 radical (unpaired) electrons. The summed E-state index contributed by atoms with van der Waals surface area (Å²) in [6.07, 6.45) is 1.48. The van der Waals surface area contributed by atoms with E-state index < -0.39 is 0 Å². The number of carbonyl (C=O) groups is 1. The Morgan fingerprint density at radius 3 is 2.79 bits per heavy atom. The molecular weight excluding hydrogens is 246 g/mol. The Morgan fingerprint density at radius 1 is 1.42 bits per heavy atom. The molecule has 6 heteroatoms. The van der Waals surface area contributed by atoms with E-state index in [1.807, 2.05) is 6.92 Å². The van der Waals surface area contributed by atoms with Crippen LogP contribution in [0.4, 0.5) is 5.88 Å². The molecule has 3 heterocycles. The average molecular weight is 263 g/mol. The zero-order valence-corrected chi connectivity index (χ0v) is 11.1. The second-order valence-electron chi connectivity index (χ2n) is 4.98. The predicted molar refractivity (Wildman–Crippen MR) is 70.0 cm³/mol. The van der Waals surface area contributed by atoms with Crippen molar-refractivity contribution < 1.29 is 13.9 Å². The highest BCUT2D eigenvalue weighted by molar-refractivity contribution is 6.12. The molecule has 2 aromatic rings. The van der Waals surface area contributed by atoms with Crippen LogP contribution in [0.1, 0.15) is 28.9 Å². The van der Waals surface area contributed by atoms with Gasteiger partial charge in [-0.3, -0.25) is 4.79 Å². The molecule has 0 atom stereocenters. The number of nitrogens with zero attached hydrogens (tertiary/aromatic N) is 2. The van der Waals surface area contributed by atoms with Gasteiger partial charge < -0.3 is 14.9 Å². The van der Waals surface area contributed by atoms with Gasteiger partial charge in [-0.25, -0.2) is 4.68 Å². The maximum atomic E-state index is 12.6. The van der Waals surface area contributed by atoms with Crippen LogP contribution in [0.5, 0.6) is 0 Å². The third-order valence-electron chi connectivity index (χ3n) is 3.71. The Morgan fingerprint density at radius 2 is 2.11 bits per heavy atom. The fourth-order valence-corrected chi connectivity index (χ4v) is 2.73. The summed E-state index contributed by atoms with van der Waals surface area (Å²) >= 11 is 0. The summed E-state index contributed by atoms with van der Waals surface area (Å²) in [6, 6.07) is 0. The van der Waals surface area contributed by atoms with Gasteiger partial charge in [0, 0.05) is 26.2 Å². The molecule has 1 aliphatic heterocycles. The lowest BCUT2D eigenvalue weighted by Crippen LogP contribution is -2.24. The Kier molecular flexibility index (Phi) is 2.82. The quantitative estimate of drug-likeness (QED) is 0.833. The Hall–Kier alpha value is -1.82. The molecule has 2 aromatic heterocycles. The smallest absolute Gasteiger partial charge is 0.228 e. The predicted octanol–water partition coefficient (Wildman–Crippen LogP) is 1.67. The third-order valence-corrected chi connectivity index (χ3v) is 3.71. The molecule has 2 N–H and O–H groups in total. The highest BCUT2D eigenvalue weighted by atomic mass is 16.5. The van der Waals surface area contributed by atoms with E-state index in [0.29, 0.717) is 24.5 Å². The number of aryl methyl sites for hydroxylation is 2. The third kappa shape index (κ3) is 1.83. The maximum absolute atomic E-state index is 12.6. The van der Waals surface area contributed by atoms with Crippen molar-refractivity contribution in [2.45, 2.75) is 19.8 Å². The van der Waals surface area contributed by atoms with E-state index in [1.54, 1.807) is 11.7 Å². The lowest BCUT2D eigenvalue weighted by Gasteiger charge is -2.20. The summed E-state index contributed by atoms with van der Waals surface area (Å²) in [7, 11) is 1.78. The molecule has 0 aromatic carbocycles. The van der Waals surface area contributed by atoms with E-state index >= 15 is 0 Å². The number of nitrogens with two attached hydrogens (primary N) is 1. The number of ether oxygens (including phenoxy) is 1. The normalized spacial score (nSPS) is 17.2. The van der Waals surface area contributed by atoms with E-state index in [-0.39, 0.29) is 17.6 Å². The van der Waals surface area contributed by atoms with Crippen LogP contribution in [-0.2, 0) is 11.8 Å². The maximum Gasteiger partial charge on any atom is 0.228 e. The first-order valence-electron chi connectivity index (χ1n) is 6.43. The minimum atomic E-state index is -0.0311. The second-order valence-corrected chi connectivity index (χ2v) is 4.98. The van der Waals surface area contributed by atoms with Crippen LogP contribution in [0.25, 0.3) is 11.1 Å². The lowest BCUT2D eigenvalue weighted by molar-refractivity contribution is 0.0546. The van der Waals surface area contributed by atoms with Crippen LogP contribution >= 0.6 is 0 Å². The van der Waals surface area contributed by atoms with Crippen LogP contribution in [0.15, 0.2) is 4.42 Å². The van der Waals surface area contributed by atoms with Crippen molar-refractivity contribution in [3.63, 3.8) is 0 Å². The number of carbonyl (C=O) groups excluding carboxylic acids is 1. The SMILES string of the molecule is Cc1nn(C)c2oc(N)c(C(=O)C3CCOCC3)c12.